The lowest BCUT2D eigenvalue weighted by Gasteiger charge is -2.05. The molecule has 1 aliphatic heterocycles. The van der Waals surface area contributed by atoms with Crippen molar-refractivity contribution >= 4 is 22.9 Å². The third-order valence-electron chi connectivity index (χ3n) is 1.71. The molecule has 2 rings (SSSR count). The fraction of sp³-hybridized carbons (Fsp3) is 0. The van der Waals surface area contributed by atoms with E-state index >= 15 is 0 Å². The molecule has 0 bridgehead atoms. The first-order chi connectivity index (χ1) is 5.88. The lowest BCUT2D eigenvalue weighted by atomic mass is 10.2. The van der Waals surface area contributed by atoms with E-state index < -0.39 is 0 Å². The highest BCUT2D eigenvalue weighted by molar-refractivity contribution is 7.80. The molecule has 0 aliphatic carbocycles. The van der Waals surface area contributed by atoms with Crippen molar-refractivity contribution in [2.75, 3.05) is 5.32 Å². The Hall–Kier alpha value is -1.35. The summed E-state index contributed by atoms with van der Waals surface area (Å²) in [5.74, 6) is 0. The van der Waals surface area contributed by atoms with Crippen LogP contribution >= 0.6 is 12.2 Å². The number of hydrogen-bond donors (Lipinski definition) is 2. The third kappa shape index (κ3) is 1.19. The SMILES string of the molecule is S=C1NC=CNc2ccccc21. The molecule has 2 N–H and O–H groups in total. The minimum absolute atomic E-state index is 0.756. The van der Waals surface area contributed by atoms with Crippen LogP contribution in [0, 0.1) is 0 Å². The standard InChI is InChI=1S/C9H8N2S/c12-9-7-3-1-2-4-8(7)10-5-6-11-9/h1-6,10H,(H,11,12). The normalized spacial score (nSPS) is 14.2. The molecule has 0 amide bonds. The Morgan fingerprint density at radius 2 is 1.75 bits per heavy atom. The van der Waals surface area contributed by atoms with Crippen LogP contribution in [-0.2, 0) is 0 Å². The third-order valence-corrected chi connectivity index (χ3v) is 2.05. The van der Waals surface area contributed by atoms with Gasteiger partial charge in [0.05, 0.1) is 0 Å². The van der Waals surface area contributed by atoms with Gasteiger partial charge in [0.25, 0.3) is 0 Å². The predicted molar refractivity (Wildman–Crippen MR) is 54.0 cm³/mol. The lowest BCUT2D eigenvalue weighted by molar-refractivity contribution is 1.32. The van der Waals surface area contributed by atoms with Gasteiger partial charge in [-0.1, -0.05) is 24.4 Å². The van der Waals surface area contributed by atoms with Gasteiger partial charge in [0.1, 0.15) is 4.99 Å². The molecule has 0 aromatic heterocycles. The van der Waals surface area contributed by atoms with Crippen LogP contribution < -0.4 is 10.6 Å². The van der Waals surface area contributed by atoms with E-state index in [9.17, 15) is 0 Å². The lowest BCUT2D eigenvalue weighted by Crippen LogP contribution is -2.14. The van der Waals surface area contributed by atoms with Gasteiger partial charge in [-0.05, 0) is 12.1 Å². The second-order valence-corrected chi connectivity index (χ2v) is 2.90. The molecule has 1 aromatic carbocycles. The monoisotopic (exact) mass is 176 g/mol. The molecule has 1 aromatic rings. The van der Waals surface area contributed by atoms with Gasteiger partial charge in [-0.3, -0.25) is 0 Å². The van der Waals surface area contributed by atoms with Gasteiger partial charge in [0.15, 0.2) is 0 Å². The van der Waals surface area contributed by atoms with Crippen LogP contribution in [0.2, 0.25) is 0 Å². The Kier molecular flexibility index (Phi) is 1.80. The molecule has 2 nitrogen and oxygen atoms in total. The zero-order valence-electron chi connectivity index (χ0n) is 6.37. The number of rotatable bonds is 0. The molecule has 0 atom stereocenters. The van der Waals surface area contributed by atoms with E-state index in [0.29, 0.717) is 0 Å². The molecule has 0 radical (unpaired) electrons. The van der Waals surface area contributed by atoms with Gasteiger partial charge in [-0.2, -0.15) is 0 Å². The number of nitrogens with one attached hydrogen (secondary N) is 2. The Balaban J connectivity index is 2.52. The Labute approximate surface area is 76.3 Å². The molecule has 1 aliphatic rings. The van der Waals surface area contributed by atoms with Crippen LogP contribution in [-0.4, -0.2) is 4.99 Å². The van der Waals surface area contributed by atoms with E-state index in [-0.39, 0.29) is 0 Å². The quantitative estimate of drug-likeness (QED) is 0.590. The van der Waals surface area contributed by atoms with Crippen molar-refractivity contribution in [1.29, 1.82) is 0 Å². The van der Waals surface area contributed by atoms with Crippen molar-refractivity contribution in [2.24, 2.45) is 0 Å². The van der Waals surface area contributed by atoms with Crippen LogP contribution in [0.3, 0.4) is 0 Å². The highest BCUT2D eigenvalue weighted by atomic mass is 32.1. The molecule has 0 unspecified atom stereocenters. The van der Waals surface area contributed by atoms with Crippen LogP contribution in [0.1, 0.15) is 5.56 Å². The maximum atomic E-state index is 5.14. The molecule has 1 heterocycles. The molecule has 0 saturated heterocycles. The molecule has 3 heteroatoms. The van der Waals surface area contributed by atoms with E-state index in [4.69, 9.17) is 12.2 Å². The van der Waals surface area contributed by atoms with Gasteiger partial charge >= 0.3 is 0 Å². The van der Waals surface area contributed by atoms with Crippen molar-refractivity contribution < 1.29 is 0 Å². The van der Waals surface area contributed by atoms with Crippen molar-refractivity contribution in [3.05, 3.63) is 42.2 Å². The Morgan fingerprint density at radius 1 is 1.00 bits per heavy atom. The molecule has 60 valence electrons. The summed E-state index contributed by atoms with van der Waals surface area (Å²) in [6.07, 6.45) is 3.63. The van der Waals surface area contributed by atoms with Crippen LogP contribution in [0.15, 0.2) is 36.7 Å². The second kappa shape index (κ2) is 2.95. The minimum Gasteiger partial charge on any atom is -0.360 e. The van der Waals surface area contributed by atoms with Crippen molar-refractivity contribution in [1.82, 2.24) is 5.32 Å². The summed E-state index contributed by atoms with van der Waals surface area (Å²) in [5.41, 5.74) is 2.08. The number of anilines is 1. The smallest absolute Gasteiger partial charge is 0.112 e. The average Bonchev–Trinajstić information content (AvgIpc) is 2.29. The van der Waals surface area contributed by atoms with Crippen molar-refractivity contribution in [3.8, 4) is 0 Å². The number of para-hydroxylation sites is 1. The van der Waals surface area contributed by atoms with Gasteiger partial charge in [-0.15, -0.1) is 0 Å². The summed E-state index contributed by atoms with van der Waals surface area (Å²) >= 11 is 5.14. The van der Waals surface area contributed by atoms with Crippen molar-refractivity contribution in [3.63, 3.8) is 0 Å². The van der Waals surface area contributed by atoms with E-state index in [1.807, 2.05) is 30.5 Å². The summed E-state index contributed by atoms with van der Waals surface area (Å²) in [6, 6.07) is 7.94. The summed E-state index contributed by atoms with van der Waals surface area (Å²) in [4.78, 5) is 0.756. The Bertz CT molecular complexity index is 344. The number of benzene rings is 1. The van der Waals surface area contributed by atoms with Crippen LogP contribution in [0.4, 0.5) is 5.69 Å². The fourth-order valence-corrected chi connectivity index (χ4v) is 1.38. The minimum atomic E-state index is 0.756. The first-order valence-corrected chi connectivity index (χ1v) is 4.10. The maximum Gasteiger partial charge on any atom is 0.112 e. The first-order valence-electron chi connectivity index (χ1n) is 3.69. The van der Waals surface area contributed by atoms with Gasteiger partial charge < -0.3 is 10.6 Å². The maximum absolute atomic E-state index is 5.14. The Morgan fingerprint density at radius 3 is 2.67 bits per heavy atom. The van der Waals surface area contributed by atoms with Crippen LogP contribution in [0.25, 0.3) is 0 Å². The van der Waals surface area contributed by atoms with E-state index in [0.717, 1.165) is 16.2 Å². The fourth-order valence-electron chi connectivity index (χ4n) is 1.13. The van der Waals surface area contributed by atoms with Gasteiger partial charge in [0, 0.05) is 23.7 Å². The zero-order valence-corrected chi connectivity index (χ0v) is 7.19. The molecule has 12 heavy (non-hydrogen) atoms. The molecular weight excluding hydrogens is 168 g/mol. The zero-order chi connectivity index (χ0) is 8.39. The number of fused-ring (bicyclic) bond motifs is 1. The molecule has 0 saturated carbocycles. The second-order valence-electron chi connectivity index (χ2n) is 2.50. The molecule has 0 spiro atoms. The van der Waals surface area contributed by atoms with E-state index in [2.05, 4.69) is 10.6 Å². The van der Waals surface area contributed by atoms with Crippen LogP contribution in [0.5, 0.6) is 0 Å². The topological polar surface area (TPSA) is 24.1 Å². The summed E-state index contributed by atoms with van der Waals surface area (Å²) in [7, 11) is 0. The van der Waals surface area contributed by atoms with E-state index in [1.54, 1.807) is 6.20 Å². The first kappa shape index (κ1) is 7.31. The summed E-state index contributed by atoms with van der Waals surface area (Å²) in [6.45, 7) is 0. The van der Waals surface area contributed by atoms with Crippen molar-refractivity contribution in [2.45, 2.75) is 0 Å². The highest BCUT2D eigenvalue weighted by Crippen LogP contribution is 2.16. The number of thiocarbonyl (C=S) groups is 1. The largest absolute Gasteiger partial charge is 0.360 e. The summed E-state index contributed by atoms with van der Waals surface area (Å²) in [5, 5.41) is 6.11. The van der Waals surface area contributed by atoms with Gasteiger partial charge in [0.2, 0.25) is 0 Å². The van der Waals surface area contributed by atoms with Gasteiger partial charge in [-0.25, -0.2) is 0 Å². The molecule has 0 fully saturated rings. The van der Waals surface area contributed by atoms with E-state index in [1.165, 1.54) is 0 Å². The predicted octanol–water partition coefficient (Wildman–Crippen LogP) is 1.85. The highest BCUT2D eigenvalue weighted by Gasteiger charge is 2.06. The summed E-state index contributed by atoms with van der Waals surface area (Å²) < 4.78 is 0. The molecular formula is C9H8N2S. The number of hydrogen-bond acceptors (Lipinski definition) is 2. The average molecular weight is 176 g/mol.